The molecular weight excluding hydrogens is 268 g/mol. The molecule has 0 saturated heterocycles. The molecule has 1 aliphatic carbocycles. The lowest BCUT2D eigenvalue weighted by Crippen LogP contribution is -2.31. The summed E-state index contributed by atoms with van der Waals surface area (Å²) in [6, 6.07) is 18.0. The monoisotopic (exact) mass is 290 g/mol. The van der Waals surface area contributed by atoms with Crippen LogP contribution in [0.15, 0.2) is 53.5 Å². The summed E-state index contributed by atoms with van der Waals surface area (Å²) in [5, 5.41) is 3.76. The van der Waals surface area contributed by atoms with Crippen LogP contribution in [0.25, 0.3) is 0 Å². The number of fused-ring (bicyclic) bond motifs is 2. The number of aliphatic imine (C=N–C) groups is 1. The van der Waals surface area contributed by atoms with Gasteiger partial charge in [0.1, 0.15) is 0 Å². The molecule has 2 nitrogen and oxygen atoms in total. The van der Waals surface area contributed by atoms with Crippen molar-refractivity contribution in [3.05, 3.63) is 70.8 Å². The van der Waals surface area contributed by atoms with Gasteiger partial charge in [-0.1, -0.05) is 48.5 Å². The molecule has 0 atom stereocenters. The minimum absolute atomic E-state index is 0.242. The maximum atomic E-state index is 4.71. The van der Waals surface area contributed by atoms with E-state index in [4.69, 9.17) is 4.99 Å². The van der Waals surface area contributed by atoms with Crippen LogP contribution in [0.2, 0.25) is 0 Å². The van der Waals surface area contributed by atoms with Crippen molar-refractivity contribution >= 4 is 5.84 Å². The molecule has 0 spiro atoms. The molecular formula is C20H22N2. The number of nitrogens with zero attached hydrogens (tertiary/aromatic N) is 1. The summed E-state index contributed by atoms with van der Waals surface area (Å²) in [5.74, 6) is 1.18. The summed E-state index contributed by atoms with van der Waals surface area (Å²) in [4.78, 5) is 4.71. The maximum absolute atomic E-state index is 4.71. The highest BCUT2D eigenvalue weighted by atomic mass is 15.0. The van der Waals surface area contributed by atoms with Gasteiger partial charge in [0.05, 0.1) is 11.9 Å². The van der Waals surface area contributed by atoms with E-state index in [0.717, 1.165) is 25.8 Å². The maximum Gasteiger partial charge on any atom is 0.0970 e. The summed E-state index contributed by atoms with van der Waals surface area (Å²) >= 11 is 0. The van der Waals surface area contributed by atoms with Crippen molar-refractivity contribution in [1.82, 2.24) is 5.32 Å². The molecule has 2 aliphatic rings. The van der Waals surface area contributed by atoms with Gasteiger partial charge < -0.3 is 5.32 Å². The van der Waals surface area contributed by atoms with E-state index < -0.39 is 0 Å². The molecule has 4 rings (SSSR count). The molecule has 112 valence electrons. The Hall–Kier alpha value is -2.09. The van der Waals surface area contributed by atoms with Crippen LogP contribution in [-0.4, -0.2) is 12.4 Å². The van der Waals surface area contributed by atoms with Gasteiger partial charge in [0.15, 0.2) is 0 Å². The third kappa shape index (κ3) is 2.54. The van der Waals surface area contributed by atoms with Gasteiger partial charge in [-0.15, -0.1) is 0 Å². The van der Waals surface area contributed by atoms with Crippen LogP contribution in [0.4, 0.5) is 0 Å². The summed E-state index contributed by atoms with van der Waals surface area (Å²) < 4.78 is 0. The van der Waals surface area contributed by atoms with E-state index in [9.17, 15) is 0 Å². The van der Waals surface area contributed by atoms with Crippen LogP contribution in [-0.2, 0) is 12.8 Å². The summed E-state index contributed by atoms with van der Waals surface area (Å²) in [6.45, 7) is 0.971. The van der Waals surface area contributed by atoms with Crippen LogP contribution in [0.5, 0.6) is 0 Å². The smallest absolute Gasteiger partial charge is 0.0970 e. The first-order valence-corrected chi connectivity index (χ1v) is 8.37. The first kappa shape index (κ1) is 13.6. The Morgan fingerprint density at radius 1 is 0.773 bits per heavy atom. The van der Waals surface area contributed by atoms with Gasteiger partial charge >= 0.3 is 0 Å². The van der Waals surface area contributed by atoms with Crippen LogP contribution in [0, 0.1) is 0 Å². The second kappa shape index (κ2) is 5.96. The number of benzene rings is 2. The normalized spacial score (nSPS) is 17.9. The summed E-state index contributed by atoms with van der Waals surface area (Å²) in [7, 11) is 0. The topological polar surface area (TPSA) is 24.4 Å². The summed E-state index contributed by atoms with van der Waals surface area (Å²) in [6.07, 6.45) is 5.81. The third-order valence-electron chi connectivity index (χ3n) is 4.83. The largest absolute Gasteiger partial charge is 0.363 e. The van der Waals surface area contributed by atoms with Gasteiger partial charge in [-0.25, -0.2) is 0 Å². The molecule has 0 saturated carbocycles. The average molecular weight is 290 g/mol. The fraction of sp³-hybridized carbons (Fsp3) is 0.350. The van der Waals surface area contributed by atoms with Crippen LogP contribution in [0.1, 0.15) is 47.6 Å². The highest BCUT2D eigenvalue weighted by molar-refractivity contribution is 5.83. The van der Waals surface area contributed by atoms with Gasteiger partial charge in [0, 0.05) is 13.0 Å². The highest BCUT2D eigenvalue weighted by Crippen LogP contribution is 2.32. The molecule has 0 radical (unpaired) electrons. The molecule has 0 bridgehead atoms. The molecule has 0 aromatic heterocycles. The average Bonchev–Trinajstić information content (AvgIpc) is 2.74. The second-order valence-corrected chi connectivity index (χ2v) is 6.26. The molecule has 1 aliphatic heterocycles. The van der Waals surface area contributed by atoms with Crippen molar-refractivity contribution in [2.75, 3.05) is 6.54 Å². The van der Waals surface area contributed by atoms with Crippen molar-refractivity contribution in [1.29, 1.82) is 0 Å². The zero-order chi connectivity index (χ0) is 14.8. The van der Waals surface area contributed by atoms with E-state index in [2.05, 4.69) is 53.8 Å². The molecule has 0 fully saturated rings. The predicted molar refractivity (Wildman–Crippen MR) is 91.4 cm³/mol. The molecule has 2 heteroatoms. The minimum Gasteiger partial charge on any atom is -0.363 e. The van der Waals surface area contributed by atoms with Crippen molar-refractivity contribution in [3.8, 4) is 0 Å². The third-order valence-corrected chi connectivity index (χ3v) is 4.83. The van der Waals surface area contributed by atoms with Crippen LogP contribution in [0.3, 0.4) is 0 Å². The lowest BCUT2D eigenvalue weighted by atomic mass is 9.94. The first-order valence-electron chi connectivity index (χ1n) is 8.37. The number of nitrogens with one attached hydrogen (secondary N) is 1. The van der Waals surface area contributed by atoms with Crippen molar-refractivity contribution in [2.24, 2.45) is 4.99 Å². The number of amidine groups is 1. The Balaban J connectivity index is 1.78. The van der Waals surface area contributed by atoms with Gasteiger partial charge in [0.25, 0.3) is 0 Å². The van der Waals surface area contributed by atoms with Gasteiger partial charge in [-0.3, -0.25) is 4.99 Å². The zero-order valence-electron chi connectivity index (χ0n) is 12.9. The Labute approximate surface area is 132 Å². The van der Waals surface area contributed by atoms with E-state index in [1.54, 1.807) is 0 Å². The molecule has 2 aromatic carbocycles. The van der Waals surface area contributed by atoms with Crippen molar-refractivity contribution in [2.45, 2.75) is 38.1 Å². The standard InChI is InChI=1S/C20H22N2/c1-3-9-17-15(7-1)12-13-16-8-2-4-10-18(16)20(17)22-19-11-5-6-14-21-19/h1-4,7-10,20H,5-6,11-14H2,(H,21,22). The lowest BCUT2D eigenvalue weighted by Gasteiger charge is -2.25. The van der Waals surface area contributed by atoms with Gasteiger partial charge in [0.2, 0.25) is 0 Å². The van der Waals surface area contributed by atoms with E-state index in [0.29, 0.717) is 0 Å². The molecule has 22 heavy (non-hydrogen) atoms. The van der Waals surface area contributed by atoms with Gasteiger partial charge in [-0.05, 0) is 47.9 Å². The number of hydrogen-bond donors (Lipinski definition) is 1. The zero-order valence-corrected chi connectivity index (χ0v) is 12.9. The summed E-state index contributed by atoms with van der Waals surface area (Å²) in [5.41, 5.74) is 5.77. The fourth-order valence-electron chi connectivity index (χ4n) is 3.66. The second-order valence-electron chi connectivity index (χ2n) is 6.26. The van der Waals surface area contributed by atoms with Crippen LogP contribution >= 0.6 is 0 Å². The van der Waals surface area contributed by atoms with Crippen LogP contribution < -0.4 is 5.32 Å². The first-order chi connectivity index (χ1) is 10.9. The Morgan fingerprint density at radius 3 is 2.00 bits per heavy atom. The van der Waals surface area contributed by atoms with E-state index in [-0.39, 0.29) is 6.04 Å². The molecule has 2 aromatic rings. The molecule has 1 N–H and O–H groups in total. The minimum atomic E-state index is 0.242. The quantitative estimate of drug-likeness (QED) is 0.842. The Bertz CT molecular complexity index is 655. The SMILES string of the molecule is c1ccc2c(c1)CCc1ccccc1C2NC1=NCCCC1. The van der Waals surface area contributed by atoms with E-state index in [1.165, 1.54) is 40.9 Å². The molecule has 1 heterocycles. The number of aryl methyl sites for hydroxylation is 2. The lowest BCUT2D eigenvalue weighted by molar-refractivity contribution is 0.674. The fourth-order valence-corrected chi connectivity index (χ4v) is 3.66. The Morgan fingerprint density at radius 2 is 1.41 bits per heavy atom. The van der Waals surface area contributed by atoms with Crippen molar-refractivity contribution < 1.29 is 0 Å². The number of rotatable bonds is 1. The van der Waals surface area contributed by atoms with E-state index >= 15 is 0 Å². The molecule has 0 amide bonds. The van der Waals surface area contributed by atoms with Crippen molar-refractivity contribution in [3.63, 3.8) is 0 Å². The molecule has 0 unspecified atom stereocenters. The number of hydrogen-bond acceptors (Lipinski definition) is 2. The predicted octanol–water partition coefficient (Wildman–Crippen LogP) is 4.05. The van der Waals surface area contributed by atoms with E-state index in [1.807, 2.05) is 0 Å². The highest BCUT2D eigenvalue weighted by Gasteiger charge is 2.24. The van der Waals surface area contributed by atoms with Gasteiger partial charge in [-0.2, -0.15) is 0 Å². The Kier molecular flexibility index (Phi) is 3.67.